The van der Waals surface area contributed by atoms with E-state index in [1.165, 1.54) is 12.3 Å². The van der Waals surface area contributed by atoms with Crippen molar-refractivity contribution < 1.29 is 18.5 Å². The molecule has 0 aromatic rings. The van der Waals surface area contributed by atoms with E-state index in [9.17, 15) is 4.57 Å². The van der Waals surface area contributed by atoms with E-state index in [0.717, 1.165) is 26.1 Å². The van der Waals surface area contributed by atoms with Gasteiger partial charge in [-0.15, -0.1) is 0 Å². The molecule has 0 aromatic carbocycles. The smallest absolute Gasteiger partial charge is 0.303 e. The molecule has 0 heterocycles. The summed E-state index contributed by atoms with van der Waals surface area (Å²) in [4.78, 5) is 8.24. The van der Waals surface area contributed by atoms with Crippen molar-refractivity contribution in [2.24, 2.45) is 11.8 Å². The molecule has 0 saturated heterocycles. The Kier molecular flexibility index (Phi) is 10.9. The normalized spacial score (nSPS) is 12.6. The van der Waals surface area contributed by atoms with Gasteiger partial charge in [-0.2, -0.15) is 0 Å². The van der Waals surface area contributed by atoms with E-state index in [4.69, 9.17) is 4.89 Å². The molecular formula is C12H31O4P2+. The molecule has 1 N–H and O–H groups in total. The van der Waals surface area contributed by atoms with Crippen molar-refractivity contribution >= 4 is 15.1 Å². The summed E-state index contributed by atoms with van der Waals surface area (Å²) in [7, 11) is -2.01. The van der Waals surface area contributed by atoms with Crippen LogP contribution in [0.5, 0.6) is 0 Å². The molecule has 0 rings (SSSR count). The summed E-state index contributed by atoms with van der Waals surface area (Å²) in [6.45, 7) is 14.3. The van der Waals surface area contributed by atoms with Gasteiger partial charge in [0.15, 0.2) is 0 Å². The molecule has 0 saturated carbocycles. The molecule has 6 heteroatoms. The van der Waals surface area contributed by atoms with Crippen molar-refractivity contribution in [1.82, 2.24) is 0 Å². The van der Waals surface area contributed by atoms with Crippen LogP contribution in [-0.4, -0.2) is 44.8 Å². The molecule has 4 nitrogen and oxygen atoms in total. The third-order valence-electron chi connectivity index (χ3n) is 2.18. The molecule has 112 valence electrons. The first-order chi connectivity index (χ1) is 7.95. The van der Waals surface area contributed by atoms with Crippen LogP contribution in [0, 0.1) is 11.8 Å². The minimum atomic E-state index is -3.65. The fourth-order valence-electron chi connectivity index (χ4n) is 2.13. The van der Waals surface area contributed by atoms with Gasteiger partial charge in [-0.05, 0) is 11.8 Å². The van der Waals surface area contributed by atoms with Crippen LogP contribution >= 0.6 is 15.1 Å². The maximum atomic E-state index is 10.1. The van der Waals surface area contributed by atoms with Gasteiger partial charge in [0.25, 0.3) is 0 Å². The zero-order chi connectivity index (χ0) is 15.0. The van der Waals surface area contributed by atoms with Crippen molar-refractivity contribution in [2.75, 3.05) is 39.9 Å². The van der Waals surface area contributed by atoms with E-state index in [1.807, 2.05) is 0 Å². The van der Waals surface area contributed by atoms with Gasteiger partial charge in [0.05, 0.1) is 12.3 Å². The molecule has 0 radical (unpaired) electrons. The molecular weight excluding hydrogens is 270 g/mol. The molecule has 0 aliphatic rings. The lowest BCUT2D eigenvalue weighted by Crippen LogP contribution is -2.09. The number of hydrogen-bond donors (Lipinski definition) is 1. The van der Waals surface area contributed by atoms with Gasteiger partial charge in [0, 0.05) is 34.8 Å². The van der Waals surface area contributed by atoms with Gasteiger partial charge in [-0.25, -0.2) is 4.57 Å². The zero-order valence-electron chi connectivity index (χ0n) is 13.1. The highest BCUT2D eigenvalue weighted by Crippen LogP contribution is 2.53. The summed E-state index contributed by atoms with van der Waals surface area (Å²) in [6, 6.07) is 0. The number of phosphoric acid groups is 1. The maximum absolute atomic E-state index is 10.1. The van der Waals surface area contributed by atoms with Crippen LogP contribution in [0.15, 0.2) is 0 Å². The minimum Gasteiger partial charge on any atom is -0.303 e. The highest BCUT2D eigenvalue weighted by Gasteiger charge is 2.26. The fourth-order valence-corrected chi connectivity index (χ4v) is 6.38. The number of phosphoric ester groups is 1. The van der Waals surface area contributed by atoms with Crippen molar-refractivity contribution in [3.63, 3.8) is 0 Å². The Balaban J connectivity index is 0. The van der Waals surface area contributed by atoms with Crippen molar-refractivity contribution in [3.8, 4) is 0 Å². The molecule has 0 atom stereocenters. The van der Waals surface area contributed by atoms with Crippen LogP contribution in [0.1, 0.15) is 27.7 Å². The third kappa shape index (κ3) is 14.6. The Morgan fingerprint density at radius 1 is 1.00 bits per heavy atom. The predicted molar refractivity (Wildman–Crippen MR) is 82.0 cm³/mol. The molecule has 0 spiro atoms. The predicted octanol–water partition coefficient (Wildman–Crippen LogP) is 3.96. The number of hydrogen-bond acceptors (Lipinski definition) is 3. The van der Waals surface area contributed by atoms with Crippen LogP contribution in [0.25, 0.3) is 0 Å². The van der Waals surface area contributed by atoms with Gasteiger partial charge >= 0.3 is 7.82 Å². The SMILES string of the molecule is CC(C)C[P+](C)(C)CC(C)C.COP(=O)(O)OC. The van der Waals surface area contributed by atoms with Gasteiger partial charge in [0.1, 0.15) is 0 Å². The van der Waals surface area contributed by atoms with Crippen LogP contribution in [0.2, 0.25) is 0 Å². The van der Waals surface area contributed by atoms with Crippen molar-refractivity contribution in [1.29, 1.82) is 0 Å². The van der Waals surface area contributed by atoms with Crippen LogP contribution in [-0.2, 0) is 13.6 Å². The van der Waals surface area contributed by atoms with E-state index < -0.39 is 15.1 Å². The highest BCUT2D eigenvalue weighted by molar-refractivity contribution is 7.74. The van der Waals surface area contributed by atoms with Gasteiger partial charge in [0.2, 0.25) is 0 Å². The lowest BCUT2D eigenvalue weighted by atomic mass is 10.3. The highest BCUT2D eigenvalue weighted by atomic mass is 31.2. The molecule has 0 bridgehead atoms. The first kappa shape index (κ1) is 20.8. The third-order valence-corrected chi connectivity index (χ3v) is 6.54. The maximum Gasteiger partial charge on any atom is 0.471 e. The largest absolute Gasteiger partial charge is 0.471 e. The summed E-state index contributed by atoms with van der Waals surface area (Å²) >= 11 is 0. The van der Waals surface area contributed by atoms with E-state index in [0.29, 0.717) is 0 Å². The molecule has 0 amide bonds. The average molecular weight is 301 g/mol. The van der Waals surface area contributed by atoms with Crippen LogP contribution in [0.3, 0.4) is 0 Å². The molecule has 18 heavy (non-hydrogen) atoms. The molecule has 0 aliphatic carbocycles. The van der Waals surface area contributed by atoms with E-state index >= 15 is 0 Å². The Hall–Kier alpha value is 0.540. The lowest BCUT2D eigenvalue weighted by Gasteiger charge is -2.21. The minimum absolute atomic E-state index is 0.555. The number of rotatable bonds is 6. The topological polar surface area (TPSA) is 55.8 Å². The van der Waals surface area contributed by atoms with Crippen LogP contribution < -0.4 is 0 Å². The van der Waals surface area contributed by atoms with E-state index in [-0.39, 0.29) is 0 Å². The molecule has 0 aliphatic heterocycles. The second kappa shape index (κ2) is 9.44. The Labute approximate surface area is 113 Å². The zero-order valence-corrected chi connectivity index (χ0v) is 14.9. The van der Waals surface area contributed by atoms with Gasteiger partial charge in [-0.1, -0.05) is 27.7 Å². The van der Waals surface area contributed by atoms with Gasteiger partial charge < -0.3 is 4.89 Å². The fraction of sp³-hybridized carbons (Fsp3) is 1.00. The first-order valence-electron chi connectivity index (χ1n) is 6.22. The standard InChI is InChI=1S/C10H24P.C2H7O4P/c1-9(2)7-11(5,6)8-10(3)4;1-5-7(3,4)6-2/h9-10H,7-8H2,1-6H3;1-2H3,(H,3,4)/q+1;. The van der Waals surface area contributed by atoms with E-state index in [2.05, 4.69) is 50.1 Å². The van der Waals surface area contributed by atoms with E-state index in [1.54, 1.807) is 0 Å². The molecule has 0 fully saturated rings. The Bertz CT molecular complexity index is 232. The van der Waals surface area contributed by atoms with Crippen molar-refractivity contribution in [3.05, 3.63) is 0 Å². The summed E-state index contributed by atoms with van der Waals surface area (Å²) in [5.41, 5.74) is 0. The van der Waals surface area contributed by atoms with Crippen molar-refractivity contribution in [2.45, 2.75) is 27.7 Å². The van der Waals surface area contributed by atoms with Gasteiger partial charge in [-0.3, -0.25) is 9.05 Å². The average Bonchev–Trinajstić information content (AvgIpc) is 2.14. The van der Waals surface area contributed by atoms with Crippen LogP contribution in [0.4, 0.5) is 0 Å². The quantitative estimate of drug-likeness (QED) is 0.755. The molecule has 0 aromatic heterocycles. The second-order valence-corrected chi connectivity index (χ2v) is 12.2. The summed E-state index contributed by atoms with van der Waals surface area (Å²) in [5.74, 6) is 1.77. The second-order valence-electron chi connectivity index (χ2n) is 5.92. The monoisotopic (exact) mass is 301 g/mol. The first-order valence-corrected chi connectivity index (χ1v) is 10.8. The summed E-state index contributed by atoms with van der Waals surface area (Å²) < 4.78 is 18.0. The summed E-state index contributed by atoms with van der Waals surface area (Å²) in [5, 5.41) is 0. The lowest BCUT2D eigenvalue weighted by molar-refractivity contribution is 0.204. The summed E-state index contributed by atoms with van der Waals surface area (Å²) in [6.07, 6.45) is 2.93. The Morgan fingerprint density at radius 2 is 1.28 bits per heavy atom. The Morgan fingerprint density at radius 3 is 1.39 bits per heavy atom. The molecule has 0 unspecified atom stereocenters.